The highest BCUT2D eigenvalue weighted by atomic mass is 127. The number of carbonyl (C=O) groups is 1. The Morgan fingerprint density at radius 2 is 1.94 bits per heavy atom. The van der Waals surface area contributed by atoms with E-state index in [2.05, 4.69) is 46.9 Å². The van der Waals surface area contributed by atoms with Crippen LogP contribution in [0.4, 0.5) is 0 Å². The van der Waals surface area contributed by atoms with Crippen LogP contribution >= 0.6 is 24.0 Å². The van der Waals surface area contributed by atoms with Crippen molar-refractivity contribution in [1.82, 2.24) is 25.3 Å². The van der Waals surface area contributed by atoms with Gasteiger partial charge in [-0.25, -0.2) is 4.99 Å². The minimum atomic E-state index is -0.316. The van der Waals surface area contributed by atoms with Gasteiger partial charge in [-0.2, -0.15) is 5.10 Å². The molecule has 31 heavy (non-hydrogen) atoms. The van der Waals surface area contributed by atoms with E-state index in [4.69, 9.17) is 4.99 Å². The molecule has 0 bridgehead atoms. The summed E-state index contributed by atoms with van der Waals surface area (Å²) in [5.74, 6) is 0.975. The summed E-state index contributed by atoms with van der Waals surface area (Å²) < 4.78 is 1.91. The SMILES string of the molecule is CCNC(=NCc1cccc(Cn2cccn2)c1)NCC1(C(=O)N(C)C)CCCC1.I. The molecule has 0 spiro atoms. The van der Waals surface area contributed by atoms with Crippen LogP contribution in [0.3, 0.4) is 0 Å². The molecule has 1 aromatic carbocycles. The highest BCUT2D eigenvalue weighted by molar-refractivity contribution is 14.0. The van der Waals surface area contributed by atoms with Crippen LogP contribution in [0.5, 0.6) is 0 Å². The Kier molecular flexibility index (Phi) is 9.80. The first-order valence-electron chi connectivity index (χ1n) is 10.8. The minimum absolute atomic E-state index is 0. The summed E-state index contributed by atoms with van der Waals surface area (Å²) >= 11 is 0. The lowest BCUT2D eigenvalue weighted by Crippen LogP contribution is -2.49. The number of amides is 1. The van der Waals surface area contributed by atoms with Crippen LogP contribution in [-0.4, -0.2) is 53.7 Å². The first-order valence-corrected chi connectivity index (χ1v) is 10.8. The van der Waals surface area contributed by atoms with E-state index in [-0.39, 0.29) is 35.3 Å². The van der Waals surface area contributed by atoms with Crippen LogP contribution in [0, 0.1) is 5.41 Å². The van der Waals surface area contributed by atoms with Crippen molar-refractivity contribution in [2.45, 2.75) is 45.7 Å². The fourth-order valence-electron chi connectivity index (χ4n) is 4.16. The third kappa shape index (κ3) is 6.95. The Morgan fingerprint density at radius 3 is 2.58 bits per heavy atom. The highest BCUT2D eigenvalue weighted by Gasteiger charge is 2.42. The highest BCUT2D eigenvalue weighted by Crippen LogP contribution is 2.38. The number of nitrogens with one attached hydrogen (secondary N) is 2. The van der Waals surface area contributed by atoms with E-state index in [1.54, 1.807) is 11.1 Å². The van der Waals surface area contributed by atoms with E-state index in [9.17, 15) is 4.79 Å². The summed E-state index contributed by atoms with van der Waals surface area (Å²) in [5, 5.41) is 11.0. The summed E-state index contributed by atoms with van der Waals surface area (Å²) in [6, 6.07) is 10.4. The molecule has 0 aliphatic heterocycles. The average molecular weight is 538 g/mol. The maximum Gasteiger partial charge on any atom is 0.230 e. The molecule has 3 rings (SSSR count). The Hall–Kier alpha value is -2.10. The largest absolute Gasteiger partial charge is 0.357 e. The quantitative estimate of drug-likeness (QED) is 0.308. The minimum Gasteiger partial charge on any atom is -0.357 e. The Bertz CT molecular complexity index is 844. The summed E-state index contributed by atoms with van der Waals surface area (Å²) in [6.45, 7) is 4.78. The van der Waals surface area contributed by atoms with Gasteiger partial charge in [0.25, 0.3) is 0 Å². The molecule has 1 saturated carbocycles. The maximum absolute atomic E-state index is 12.8. The van der Waals surface area contributed by atoms with Crippen molar-refractivity contribution in [2.75, 3.05) is 27.2 Å². The second-order valence-corrected chi connectivity index (χ2v) is 8.26. The number of halogens is 1. The third-order valence-corrected chi connectivity index (χ3v) is 5.67. The molecule has 2 aromatic rings. The van der Waals surface area contributed by atoms with Crippen LogP contribution in [0.25, 0.3) is 0 Å². The van der Waals surface area contributed by atoms with Crippen molar-refractivity contribution in [1.29, 1.82) is 0 Å². The van der Waals surface area contributed by atoms with Crippen molar-refractivity contribution < 1.29 is 4.79 Å². The van der Waals surface area contributed by atoms with Crippen LogP contribution < -0.4 is 10.6 Å². The van der Waals surface area contributed by atoms with Crippen molar-refractivity contribution >= 4 is 35.8 Å². The van der Waals surface area contributed by atoms with E-state index in [1.807, 2.05) is 31.0 Å². The fraction of sp³-hybridized carbons (Fsp3) is 0.522. The van der Waals surface area contributed by atoms with E-state index in [1.165, 1.54) is 5.56 Å². The number of rotatable bonds is 8. The third-order valence-electron chi connectivity index (χ3n) is 5.67. The number of guanidine groups is 1. The molecular weight excluding hydrogens is 503 g/mol. The van der Waals surface area contributed by atoms with Gasteiger partial charge in [0.2, 0.25) is 5.91 Å². The zero-order valence-corrected chi connectivity index (χ0v) is 21.1. The zero-order chi connectivity index (χ0) is 21.4. The summed E-state index contributed by atoms with van der Waals surface area (Å²) in [7, 11) is 3.69. The molecular formula is C23H35IN6O. The van der Waals surface area contributed by atoms with Gasteiger partial charge in [-0.1, -0.05) is 37.1 Å². The zero-order valence-electron chi connectivity index (χ0n) is 18.8. The molecule has 170 valence electrons. The average Bonchev–Trinajstić information content (AvgIpc) is 3.42. The normalized spacial score (nSPS) is 15.3. The van der Waals surface area contributed by atoms with Gasteiger partial charge in [0, 0.05) is 39.6 Å². The molecule has 1 aromatic heterocycles. The standard InChI is InChI=1S/C23H34N6O.HI/c1-4-24-22(26-18-23(11-5-6-12-23)21(30)28(2)3)25-16-19-9-7-10-20(15-19)17-29-14-8-13-27-29;/h7-10,13-15H,4-6,11-12,16-18H2,1-3H3,(H2,24,25,26);1H. The number of aliphatic imine (C=N–C) groups is 1. The lowest BCUT2D eigenvalue weighted by molar-refractivity contribution is -0.138. The van der Waals surface area contributed by atoms with Crippen molar-refractivity contribution in [2.24, 2.45) is 10.4 Å². The number of nitrogens with zero attached hydrogens (tertiary/aromatic N) is 4. The molecule has 0 radical (unpaired) electrons. The van der Waals surface area contributed by atoms with Gasteiger partial charge >= 0.3 is 0 Å². The second-order valence-electron chi connectivity index (χ2n) is 8.26. The van der Waals surface area contributed by atoms with Crippen molar-refractivity contribution in [3.05, 3.63) is 53.9 Å². The molecule has 0 saturated heterocycles. The van der Waals surface area contributed by atoms with E-state index in [0.717, 1.165) is 50.3 Å². The second kappa shape index (κ2) is 12.1. The Labute approximate surface area is 202 Å². The van der Waals surface area contributed by atoms with Gasteiger partial charge in [-0.15, -0.1) is 24.0 Å². The molecule has 0 unspecified atom stereocenters. The van der Waals surface area contributed by atoms with Crippen molar-refractivity contribution in [3.8, 4) is 0 Å². The lowest BCUT2D eigenvalue weighted by atomic mass is 9.84. The summed E-state index contributed by atoms with van der Waals surface area (Å²) in [4.78, 5) is 19.3. The van der Waals surface area contributed by atoms with Gasteiger partial charge < -0.3 is 15.5 Å². The van der Waals surface area contributed by atoms with Gasteiger partial charge in [-0.3, -0.25) is 9.48 Å². The number of hydrogen-bond acceptors (Lipinski definition) is 3. The maximum atomic E-state index is 12.8. The van der Waals surface area contributed by atoms with Crippen LogP contribution in [0.2, 0.25) is 0 Å². The molecule has 1 amide bonds. The van der Waals surface area contributed by atoms with Gasteiger partial charge in [-0.05, 0) is 37.0 Å². The lowest BCUT2D eigenvalue weighted by Gasteiger charge is -2.31. The van der Waals surface area contributed by atoms with Crippen LogP contribution in [-0.2, 0) is 17.9 Å². The van der Waals surface area contributed by atoms with E-state index in [0.29, 0.717) is 13.1 Å². The smallest absolute Gasteiger partial charge is 0.230 e. The van der Waals surface area contributed by atoms with E-state index < -0.39 is 0 Å². The predicted molar refractivity (Wildman–Crippen MR) is 136 cm³/mol. The van der Waals surface area contributed by atoms with Crippen molar-refractivity contribution in [3.63, 3.8) is 0 Å². The number of hydrogen-bond donors (Lipinski definition) is 2. The first-order chi connectivity index (χ1) is 14.5. The van der Waals surface area contributed by atoms with Crippen LogP contribution in [0.15, 0.2) is 47.7 Å². The summed E-state index contributed by atoms with van der Waals surface area (Å²) in [5.41, 5.74) is 2.03. The number of benzene rings is 1. The molecule has 8 heteroatoms. The predicted octanol–water partition coefficient (Wildman–Crippen LogP) is 3.25. The Balaban J connectivity index is 0.00000341. The molecule has 0 atom stereocenters. The first kappa shape index (κ1) is 25.2. The van der Waals surface area contributed by atoms with E-state index >= 15 is 0 Å². The number of carbonyl (C=O) groups excluding carboxylic acids is 1. The monoisotopic (exact) mass is 538 g/mol. The topological polar surface area (TPSA) is 74.5 Å². The molecule has 2 N–H and O–H groups in total. The van der Waals surface area contributed by atoms with Gasteiger partial charge in [0.1, 0.15) is 0 Å². The molecule has 7 nitrogen and oxygen atoms in total. The van der Waals surface area contributed by atoms with Gasteiger partial charge in [0.15, 0.2) is 5.96 Å². The molecule has 1 aliphatic rings. The van der Waals surface area contributed by atoms with Crippen LogP contribution in [0.1, 0.15) is 43.7 Å². The van der Waals surface area contributed by atoms with Gasteiger partial charge in [0.05, 0.1) is 18.5 Å². The fourth-order valence-corrected chi connectivity index (χ4v) is 4.16. The summed E-state index contributed by atoms with van der Waals surface area (Å²) in [6.07, 6.45) is 7.85. The molecule has 1 heterocycles. The molecule has 1 aliphatic carbocycles. The number of aromatic nitrogens is 2. The molecule has 1 fully saturated rings. The Morgan fingerprint density at radius 1 is 1.19 bits per heavy atom.